The van der Waals surface area contributed by atoms with Crippen LogP contribution in [0.3, 0.4) is 0 Å². The first-order valence-electron chi connectivity index (χ1n) is 6.53. The van der Waals surface area contributed by atoms with E-state index in [0.29, 0.717) is 11.5 Å². The fourth-order valence-electron chi connectivity index (χ4n) is 2.65. The molecule has 2 aliphatic heterocycles. The van der Waals surface area contributed by atoms with Gasteiger partial charge in [0.15, 0.2) is 5.11 Å². The summed E-state index contributed by atoms with van der Waals surface area (Å²) in [5, 5.41) is 6.23. The molecule has 0 spiro atoms. The fraction of sp³-hybridized carbons (Fsp3) is 0.357. The maximum Gasteiger partial charge on any atom is 0.251 e. The molecular weight excluding hydrogens is 274 g/mol. The third kappa shape index (κ3) is 1.96. The molecule has 6 heteroatoms. The first kappa shape index (κ1) is 13.1. The van der Waals surface area contributed by atoms with Crippen molar-refractivity contribution in [2.45, 2.75) is 32.4 Å². The van der Waals surface area contributed by atoms with E-state index in [1.807, 2.05) is 25.1 Å². The summed E-state index contributed by atoms with van der Waals surface area (Å²) in [5.41, 5.74) is 2.80. The van der Waals surface area contributed by atoms with Gasteiger partial charge in [0.2, 0.25) is 5.91 Å². The lowest BCUT2D eigenvalue weighted by Crippen LogP contribution is -2.33. The minimum absolute atomic E-state index is 0.00728. The Labute approximate surface area is 122 Å². The van der Waals surface area contributed by atoms with Gasteiger partial charge >= 0.3 is 0 Å². The summed E-state index contributed by atoms with van der Waals surface area (Å²) >= 11 is 5.22. The van der Waals surface area contributed by atoms with Crippen LogP contribution in [-0.4, -0.2) is 27.9 Å². The molecule has 1 aromatic rings. The molecule has 1 aromatic carbocycles. The van der Waals surface area contributed by atoms with Crippen molar-refractivity contribution in [3.63, 3.8) is 0 Å². The summed E-state index contributed by atoms with van der Waals surface area (Å²) in [4.78, 5) is 25.1. The van der Waals surface area contributed by atoms with E-state index < -0.39 is 0 Å². The van der Waals surface area contributed by atoms with E-state index in [-0.39, 0.29) is 23.9 Å². The van der Waals surface area contributed by atoms with E-state index in [9.17, 15) is 9.59 Å². The predicted octanol–water partition coefficient (Wildman–Crippen LogP) is 1.35. The number of amides is 2. The minimum atomic E-state index is -0.275. The van der Waals surface area contributed by atoms with Crippen LogP contribution in [0.2, 0.25) is 0 Å². The van der Waals surface area contributed by atoms with Gasteiger partial charge in [-0.2, -0.15) is 0 Å². The molecule has 3 rings (SSSR count). The molecule has 2 N–H and O–H groups in total. The number of anilines is 1. The van der Waals surface area contributed by atoms with Gasteiger partial charge in [-0.15, -0.1) is 0 Å². The number of hydrogen-bond donors (Lipinski definition) is 2. The van der Waals surface area contributed by atoms with Crippen LogP contribution in [-0.2, 0) is 16.0 Å². The van der Waals surface area contributed by atoms with Crippen LogP contribution in [0.15, 0.2) is 18.2 Å². The summed E-state index contributed by atoms with van der Waals surface area (Å²) in [6, 6.07) is 5.35. The van der Waals surface area contributed by atoms with Crippen LogP contribution in [0.1, 0.15) is 31.0 Å². The highest BCUT2D eigenvalue weighted by atomic mass is 32.1. The average molecular weight is 289 g/mol. The molecule has 2 amide bonds. The molecule has 2 atom stereocenters. The Kier molecular flexibility index (Phi) is 2.97. The zero-order chi connectivity index (χ0) is 14.4. The number of nitrogens with zero attached hydrogens (tertiary/aromatic N) is 1. The van der Waals surface area contributed by atoms with Gasteiger partial charge in [0.1, 0.15) is 6.04 Å². The van der Waals surface area contributed by atoms with Gasteiger partial charge in [-0.25, -0.2) is 0 Å². The minimum Gasteiger partial charge on any atom is -0.351 e. The van der Waals surface area contributed by atoms with Gasteiger partial charge in [-0.3, -0.25) is 14.5 Å². The smallest absolute Gasteiger partial charge is 0.251 e. The molecule has 0 saturated carbocycles. The van der Waals surface area contributed by atoms with Crippen molar-refractivity contribution in [3.8, 4) is 0 Å². The van der Waals surface area contributed by atoms with Crippen LogP contribution >= 0.6 is 12.2 Å². The molecule has 0 bridgehead atoms. The van der Waals surface area contributed by atoms with Crippen molar-refractivity contribution in [3.05, 3.63) is 29.3 Å². The van der Waals surface area contributed by atoms with Crippen molar-refractivity contribution < 1.29 is 9.59 Å². The van der Waals surface area contributed by atoms with Crippen molar-refractivity contribution >= 4 is 34.8 Å². The Morgan fingerprint density at radius 1 is 1.40 bits per heavy atom. The lowest BCUT2D eigenvalue weighted by Gasteiger charge is -2.24. The molecule has 0 aliphatic carbocycles. The van der Waals surface area contributed by atoms with Crippen molar-refractivity contribution in [1.82, 2.24) is 10.2 Å². The Bertz CT molecular complexity index is 629. The first-order valence-corrected chi connectivity index (χ1v) is 6.94. The Hall–Kier alpha value is -1.95. The number of rotatable bonds is 2. The molecule has 0 unspecified atom stereocenters. The number of carbonyl (C=O) groups is 2. The lowest BCUT2D eigenvalue weighted by molar-refractivity contribution is -0.128. The summed E-state index contributed by atoms with van der Waals surface area (Å²) in [6.45, 7) is 3.74. The molecule has 0 radical (unpaired) electrons. The second-order valence-corrected chi connectivity index (χ2v) is 5.58. The van der Waals surface area contributed by atoms with Crippen LogP contribution in [0.4, 0.5) is 5.69 Å². The van der Waals surface area contributed by atoms with Gasteiger partial charge < -0.3 is 10.6 Å². The van der Waals surface area contributed by atoms with E-state index in [1.54, 1.807) is 11.8 Å². The Morgan fingerprint density at radius 2 is 2.15 bits per heavy atom. The highest BCUT2D eigenvalue weighted by Gasteiger charge is 2.36. The number of hydrogen-bond acceptors (Lipinski definition) is 3. The third-order valence-electron chi connectivity index (χ3n) is 3.79. The predicted molar refractivity (Wildman–Crippen MR) is 79.2 cm³/mol. The van der Waals surface area contributed by atoms with Gasteiger partial charge in [0.25, 0.3) is 5.91 Å². The third-order valence-corrected chi connectivity index (χ3v) is 4.11. The molecule has 0 aromatic heterocycles. The van der Waals surface area contributed by atoms with Gasteiger partial charge in [-0.1, -0.05) is 12.1 Å². The summed E-state index contributed by atoms with van der Waals surface area (Å²) in [7, 11) is 0. The summed E-state index contributed by atoms with van der Waals surface area (Å²) in [6.07, 6.45) is 0.392. The molecular formula is C14H15N3O2S. The topological polar surface area (TPSA) is 61.4 Å². The molecule has 5 nitrogen and oxygen atoms in total. The number of benzene rings is 1. The standard InChI is InChI=1S/C14H15N3O2S/c1-7-13(19)17(14(20)15-7)8(2)9-3-4-11-10(5-9)6-12(18)16-11/h3-5,7-8H,6H2,1-2H3,(H,15,20)(H,16,18)/t7-,8+/m0/s1. The Morgan fingerprint density at radius 3 is 2.80 bits per heavy atom. The van der Waals surface area contributed by atoms with E-state index in [4.69, 9.17) is 12.2 Å². The van der Waals surface area contributed by atoms with Gasteiger partial charge in [0, 0.05) is 5.69 Å². The maximum absolute atomic E-state index is 12.1. The first-order chi connectivity index (χ1) is 9.47. The highest BCUT2D eigenvalue weighted by Crippen LogP contribution is 2.30. The summed E-state index contributed by atoms with van der Waals surface area (Å²) < 4.78 is 0. The van der Waals surface area contributed by atoms with Crippen molar-refractivity contribution in [2.75, 3.05) is 5.32 Å². The number of nitrogens with one attached hydrogen (secondary N) is 2. The molecule has 20 heavy (non-hydrogen) atoms. The maximum atomic E-state index is 12.1. The SMILES string of the molecule is C[C@@H]1NC(=S)N([C@H](C)c2ccc3c(c2)CC(=O)N3)C1=O. The zero-order valence-corrected chi connectivity index (χ0v) is 12.1. The van der Waals surface area contributed by atoms with Gasteiger partial charge in [0.05, 0.1) is 12.5 Å². The summed E-state index contributed by atoms with van der Waals surface area (Å²) in [5.74, 6) is -0.00920. The number of thiocarbonyl (C=S) groups is 1. The van der Waals surface area contributed by atoms with E-state index >= 15 is 0 Å². The molecule has 1 fully saturated rings. The zero-order valence-electron chi connectivity index (χ0n) is 11.3. The van der Waals surface area contributed by atoms with Crippen molar-refractivity contribution in [2.24, 2.45) is 0 Å². The van der Waals surface area contributed by atoms with Gasteiger partial charge in [-0.05, 0) is 43.3 Å². The normalized spacial score (nSPS) is 22.6. The molecule has 1 saturated heterocycles. The second-order valence-electron chi connectivity index (χ2n) is 5.20. The van der Waals surface area contributed by atoms with E-state index in [2.05, 4.69) is 10.6 Å². The van der Waals surface area contributed by atoms with Crippen LogP contribution < -0.4 is 10.6 Å². The van der Waals surface area contributed by atoms with E-state index in [1.165, 1.54) is 0 Å². The number of fused-ring (bicyclic) bond motifs is 1. The average Bonchev–Trinajstić information content (AvgIpc) is 2.87. The second kappa shape index (κ2) is 4.56. The van der Waals surface area contributed by atoms with Crippen molar-refractivity contribution in [1.29, 1.82) is 0 Å². The molecule has 104 valence electrons. The van der Waals surface area contributed by atoms with Crippen LogP contribution in [0.25, 0.3) is 0 Å². The lowest BCUT2D eigenvalue weighted by atomic mass is 10.0. The highest BCUT2D eigenvalue weighted by molar-refractivity contribution is 7.80. The quantitative estimate of drug-likeness (QED) is 0.807. The number of carbonyl (C=O) groups excluding carboxylic acids is 2. The fourth-order valence-corrected chi connectivity index (χ4v) is 3.07. The molecule has 2 aliphatic rings. The van der Waals surface area contributed by atoms with Crippen LogP contribution in [0, 0.1) is 0 Å². The monoisotopic (exact) mass is 289 g/mol. The van der Waals surface area contributed by atoms with Crippen LogP contribution in [0.5, 0.6) is 0 Å². The molecule has 2 heterocycles. The van der Waals surface area contributed by atoms with E-state index in [0.717, 1.165) is 16.8 Å². The largest absolute Gasteiger partial charge is 0.351 e. The Balaban J connectivity index is 1.90.